The number of carbonyl (C=O) groups excluding carboxylic acids is 1. The van der Waals surface area contributed by atoms with Gasteiger partial charge in [-0.05, 0) is 61.0 Å². The van der Waals surface area contributed by atoms with Gasteiger partial charge in [0.2, 0.25) is 15.9 Å². The SMILES string of the molecule is CSCC[C@H](NS(=O)(=O)c1ccccc1)C(=O)N[C@@H]1CCCc2ccccc21. The molecule has 0 aromatic heterocycles. The summed E-state index contributed by atoms with van der Waals surface area (Å²) in [6, 6.07) is 15.4. The lowest BCUT2D eigenvalue weighted by atomic mass is 9.87. The number of sulfonamides is 1. The topological polar surface area (TPSA) is 75.3 Å². The Hall–Kier alpha value is -1.83. The fraction of sp³-hybridized carbons (Fsp3) is 0.381. The van der Waals surface area contributed by atoms with Gasteiger partial charge in [-0.15, -0.1) is 0 Å². The van der Waals surface area contributed by atoms with Crippen LogP contribution in [0.4, 0.5) is 0 Å². The molecular weight excluding hydrogens is 392 g/mol. The highest BCUT2D eigenvalue weighted by Gasteiger charge is 2.28. The van der Waals surface area contributed by atoms with Crippen LogP contribution in [-0.4, -0.2) is 32.4 Å². The molecule has 28 heavy (non-hydrogen) atoms. The van der Waals surface area contributed by atoms with Crippen molar-refractivity contribution in [3.8, 4) is 0 Å². The van der Waals surface area contributed by atoms with Gasteiger partial charge in [0.05, 0.1) is 10.9 Å². The van der Waals surface area contributed by atoms with E-state index < -0.39 is 16.1 Å². The van der Waals surface area contributed by atoms with Gasteiger partial charge in [-0.2, -0.15) is 16.5 Å². The molecule has 1 aliphatic rings. The number of carbonyl (C=O) groups is 1. The fourth-order valence-corrected chi connectivity index (χ4v) is 5.23. The molecule has 150 valence electrons. The van der Waals surface area contributed by atoms with E-state index in [1.165, 1.54) is 17.7 Å². The van der Waals surface area contributed by atoms with Crippen LogP contribution in [-0.2, 0) is 21.2 Å². The van der Waals surface area contributed by atoms with Gasteiger partial charge in [-0.1, -0.05) is 42.5 Å². The van der Waals surface area contributed by atoms with Crippen molar-refractivity contribution in [1.29, 1.82) is 0 Å². The van der Waals surface area contributed by atoms with Crippen molar-refractivity contribution in [2.45, 2.75) is 42.7 Å². The van der Waals surface area contributed by atoms with Crippen LogP contribution in [0.1, 0.15) is 36.4 Å². The van der Waals surface area contributed by atoms with Gasteiger partial charge in [0, 0.05) is 0 Å². The molecule has 0 spiro atoms. The largest absolute Gasteiger partial charge is 0.348 e. The summed E-state index contributed by atoms with van der Waals surface area (Å²) in [7, 11) is -3.76. The van der Waals surface area contributed by atoms with Crippen molar-refractivity contribution < 1.29 is 13.2 Å². The average molecular weight is 419 g/mol. The van der Waals surface area contributed by atoms with E-state index in [4.69, 9.17) is 0 Å². The lowest BCUT2D eigenvalue weighted by molar-refractivity contribution is -0.123. The van der Waals surface area contributed by atoms with Gasteiger partial charge in [0.25, 0.3) is 0 Å². The van der Waals surface area contributed by atoms with E-state index in [2.05, 4.69) is 16.1 Å². The molecule has 5 nitrogen and oxygen atoms in total. The summed E-state index contributed by atoms with van der Waals surface area (Å²) in [6.07, 6.45) is 5.27. The Balaban J connectivity index is 1.76. The van der Waals surface area contributed by atoms with Crippen molar-refractivity contribution in [2.24, 2.45) is 0 Å². The van der Waals surface area contributed by atoms with Crippen LogP contribution >= 0.6 is 11.8 Å². The number of amides is 1. The second-order valence-corrected chi connectivity index (χ2v) is 9.62. The summed E-state index contributed by atoms with van der Waals surface area (Å²) < 4.78 is 28.0. The predicted octanol–water partition coefficient (Wildman–Crippen LogP) is 3.28. The molecule has 2 aromatic rings. The normalized spacial score (nSPS) is 17.5. The summed E-state index contributed by atoms with van der Waals surface area (Å²) >= 11 is 1.59. The first-order valence-corrected chi connectivity index (χ1v) is 12.3. The van der Waals surface area contributed by atoms with E-state index in [0.29, 0.717) is 12.2 Å². The van der Waals surface area contributed by atoms with Crippen LogP contribution in [0.25, 0.3) is 0 Å². The molecule has 0 fully saturated rings. The number of hydrogen-bond donors (Lipinski definition) is 2. The molecule has 0 heterocycles. The molecule has 2 aromatic carbocycles. The van der Waals surface area contributed by atoms with Gasteiger partial charge in [-0.3, -0.25) is 4.79 Å². The number of benzene rings is 2. The minimum atomic E-state index is -3.76. The number of fused-ring (bicyclic) bond motifs is 1. The molecule has 3 rings (SSSR count). The molecule has 0 radical (unpaired) electrons. The minimum Gasteiger partial charge on any atom is -0.348 e. The first kappa shape index (κ1) is 20.9. The van der Waals surface area contributed by atoms with Crippen LogP contribution in [0.2, 0.25) is 0 Å². The van der Waals surface area contributed by atoms with Crippen molar-refractivity contribution in [2.75, 3.05) is 12.0 Å². The third kappa shape index (κ3) is 5.16. The summed E-state index contributed by atoms with van der Waals surface area (Å²) in [5.74, 6) is 0.423. The van der Waals surface area contributed by atoms with Gasteiger partial charge in [0.1, 0.15) is 6.04 Å². The number of aryl methyl sites for hydroxylation is 1. The standard InChI is InChI=1S/C21H26N2O3S2/c1-27-15-14-20(23-28(25,26)17-10-3-2-4-11-17)21(24)22-19-13-7-9-16-8-5-6-12-18(16)19/h2-6,8,10-12,19-20,23H,7,9,13-15H2,1H3,(H,22,24)/t19-,20+/m1/s1. The van der Waals surface area contributed by atoms with Gasteiger partial charge < -0.3 is 5.32 Å². The summed E-state index contributed by atoms with van der Waals surface area (Å²) in [5.41, 5.74) is 2.39. The lowest BCUT2D eigenvalue weighted by Gasteiger charge is -2.28. The van der Waals surface area contributed by atoms with Crippen molar-refractivity contribution in [3.63, 3.8) is 0 Å². The molecule has 0 unspecified atom stereocenters. The van der Waals surface area contributed by atoms with Crippen LogP contribution < -0.4 is 10.0 Å². The molecule has 7 heteroatoms. The second kappa shape index (κ2) is 9.58. The van der Waals surface area contributed by atoms with E-state index in [-0.39, 0.29) is 16.8 Å². The highest BCUT2D eigenvalue weighted by molar-refractivity contribution is 7.98. The molecule has 0 bridgehead atoms. The van der Waals surface area contributed by atoms with Gasteiger partial charge >= 0.3 is 0 Å². The van der Waals surface area contributed by atoms with Crippen LogP contribution in [0, 0.1) is 0 Å². The molecule has 0 saturated heterocycles. The fourth-order valence-electron chi connectivity index (χ4n) is 3.51. The highest BCUT2D eigenvalue weighted by Crippen LogP contribution is 2.29. The Morgan fingerprint density at radius 1 is 1.14 bits per heavy atom. The number of rotatable bonds is 8. The second-order valence-electron chi connectivity index (χ2n) is 6.92. The van der Waals surface area contributed by atoms with Crippen molar-refractivity contribution >= 4 is 27.7 Å². The van der Waals surface area contributed by atoms with Crippen LogP contribution in [0.15, 0.2) is 59.5 Å². The predicted molar refractivity (Wildman–Crippen MR) is 114 cm³/mol. The number of thioether (sulfide) groups is 1. The molecule has 2 N–H and O–H groups in total. The maximum absolute atomic E-state index is 13.0. The number of nitrogens with one attached hydrogen (secondary N) is 2. The minimum absolute atomic E-state index is 0.0736. The van der Waals surface area contributed by atoms with E-state index in [1.54, 1.807) is 30.0 Å². The lowest BCUT2D eigenvalue weighted by Crippen LogP contribution is -2.48. The Bertz CT molecular complexity index is 901. The van der Waals surface area contributed by atoms with Crippen LogP contribution in [0.5, 0.6) is 0 Å². The third-order valence-electron chi connectivity index (χ3n) is 4.96. The molecule has 0 aliphatic heterocycles. The summed E-state index contributed by atoms with van der Waals surface area (Å²) in [5, 5.41) is 3.08. The molecule has 0 saturated carbocycles. The first-order chi connectivity index (χ1) is 13.5. The van der Waals surface area contributed by atoms with E-state index >= 15 is 0 Å². The monoisotopic (exact) mass is 418 g/mol. The Morgan fingerprint density at radius 3 is 2.61 bits per heavy atom. The summed E-state index contributed by atoms with van der Waals surface area (Å²) in [6.45, 7) is 0. The third-order valence-corrected chi connectivity index (χ3v) is 7.10. The van der Waals surface area contributed by atoms with Gasteiger partial charge in [0.15, 0.2) is 0 Å². The maximum atomic E-state index is 13.0. The average Bonchev–Trinajstić information content (AvgIpc) is 2.72. The molecule has 2 atom stereocenters. The van der Waals surface area contributed by atoms with E-state index in [1.807, 2.05) is 24.5 Å². The highest BCUT2D eigenvalue weighted by atomic mass is 32.2. The van der Waals surface area contributed by atoms with Crippen LogP contribution in [0.3, 0.4) is 0 Å². The Kier molecular flexibility index (Phi) is 7.15. The van der Waals surface area contributed by atoms with Crippen molar-refractivity contribution in [1.82, 2.24) is 10.0 Å². The van der Waals surface area contributed by atoms with Gasteiger partial charge in [-0.25, -0.2) is 8.42 Å². The Labute approximate surface area is 171 Å². The zero-order valence-corrected chi connectivity index (χ0v) is 17.6. The van der Waals surface area contributed by atoms with Crippen molar-refractivity contribution in [3.05, 3.63) is 65.7 Å². The quantitative estimate of drug-likeness (QED) is 0.690. The number of hydrogen-bond acceptors (Lipinski definition) is 4. The van der Waals surface area contributed by atoms with E-state index in [0.717, 1.165) is 24.8 Å². The zero-order chi connectivity index (χ0) is 20.0. The molecule has 1 aliphatic carbocycles. The zero-order valence-electron chi connectivity index (χ0n) is 15.9. The maximum Gasteiger partial charge on any atom is 0.241 e. The molecular formula is C21H26N2O3S2. The molecule has 1 amide bonds. The van der Waals surface area contributed by atoms with E-state index in [9.17, 15) is 13.2 Å². The summed E-state index contributed by atoms with van der Waals surface area (Å²) in [4.78, 5) is 13.2. The Morgan fingerprint density at radius 2 is 1.86 bits per heavy atom. The first-order valence-electron chi connectivity index (χ1n) is 9.46. The smallest absolute Gasteiger partial charge is 0.241 e.